The molecule has 0 bridgehead atoms. The summed E-state index contributed by atoms with van der Waals surface area (Å²) in [5.74, 6) is -0.232. The van der Waals surface area contributed by atoms with Crippen molar-refractivity contribution in [3.05, 3.63) is 84.4 Å². The maximum Gasteiger partial charge on any atom is 0.411 e. The van der Waals surface area contributed by atoms with E-state index in [4.69, 9.17) is 9.47 Å². The van der Waals surface area contributed by atoms with Crippen LogP contribution in [0.15, 0.2) is 78.9 Å². The molecule has 0 aliphatic heterocycles. The smallest absolute Gasteiger partial charge is 0.411 e. The van der Waals surface area contributed by atoms with E-state index in [1.54, 1.807) is 36.4 Å². The molecule has 0 atom stereocenters. The van der Waals surface area contributed by atoms with Crippen LogP contribution in [-0.2, 0) is 9.47 Å². The Morgan fingerprint density at radius 3 is 2.10 bits per heavy atom. The van der Waals surface area contributed by atoms with E-state index in [1.165, 1.54) is 7.11 Å². The first-order valence-electron chi connectivity index (χ1n) is 9.15. The zero-order chi connectivity index (χ0) is 20.5. The molecule has 0 heterocycles. The Morgan fingerprint density at radius 1 is 0.759 bits per heavy atom. The molecule has 6 nitrogen and oxygen atoms in total. The van der Waals surface area contributed by atoms with Gasteiger partial charge in [-0.2, -0.15) is 0 Å². The molecule has 0 fully saturated rings. The van der Waals surface area contributed by atoms with E-state index < -0.39 is 6.09 Å². The number of carbonyl (C=O) groups is 2. The largest absolute Gasteiger partial charge is 0.447 e. The van der Waals surface area contributed by atoms with Gasteiger partial charge in [-0.25, -0.2) is 4.79 Å². The number of carbonyl (C=O) groups excluding carboxylic acids is 2. The van der Waals surface area contributed by atoms with Crippen molar-refractivity contribution in [2.75, 3.05) is 31.0 Å². The van der Waals surface area contributed by atoms with Gasteiger partial charge in [-0.3, -0.25) is 10.1 Å². The molecule has 6 heteroatoms. The molecule has 0 unspecified atom stereocenters. The van der Waals surface area contributed by atoms with Gasteiger partial charge in [0.25, 0.3) is 5.91 Å². The first-order valence-corrected chi connectivity index (χ1v) is 9.15. The van der Waals surface area contributed by atoms with Crippen LogP contribution in [0.5, 0.6) is 0 Å². The zero-order valence-corrected chi connectivity index (χ0v) is 16.1. The number of anilines is 2. The highest BCUT2D eigenvalue weighted by molar-refractivity contribution is 6.04. The van der Waals surface area contributed by atoms with Gasteiger partial charge in [-0.05, 0) is 41.5 Å². The van der Waals surface area contributed by atoms with Crippen molar-refractivity contribution in [3.63, 3.8) is 0 Å². The number of amides is 2. The number of hydrogen-bond acceptors (Lipinski definition) is 4. The fourth-order valence-corrected chi connectivity index (χ4v) is 2.69. The van der Waals surface area contributed by atoms with Crippen LogP contribution in [0.3, 0.4) is 0 Å². The third kappa shape index (κ3) is 5.92. The van der Waals surface area contributed by atoms with Crippen molar-refractivity contribution in [1.82, 2.24) is 0 Å². The normalized spacial score (nSPS) is 10.2. The van der Waals surface area contributed by atoms with Crippen LogP contribution in [0.1, 0.15) is 10.4 Å². The second kappa shape index (κ2) is 10.1. The monoisotopic (exact) mass is 390 g/mol. The van der Waals surface area contributed by atoms with Crippen molar-refractivity contribution < 1.29 is 19.1 Å². The molecule has 0 saturated carbocycles. The predicted molar refractivity (Wildman–Crippen MR) is 113 cm³/mol. The molecule has 0 aromatic heterocycles. The van der Waals surface area contributed by atoms with Crippen LogP contribution < -0.4 is 10.6 Å². The minimum Gasteiger partial charge on any atom is -0.447 e. The van der Waals surface area contributed by atoms with Gasteiger partial charge in [-0.1, -0.05) is 48.5 Å². The third-order valence-corrected chi connectivity index (χ3v) is 4.14. The summed E-state index contributed by atoms with van der Waals surface area (Å²) in [6.07, 6.45) is -0.581. The van der Waals surface area contributed by atoms with E-state index in [0.29, 0.717) is 23.5 Å². The van der Waals surface area contributed by atoms with E-state index in [2.05, 4.69) is 10.6 Å². The molecule has 148 valence electrons. The number of nitrogens with one attached hydrogen (secondary N) is 2. The van der Waals surface area contributed by atoms with Crippen molar-refractivity contribution >= 4 is 23.4 Å². The summed E-state index contributed by atoms with van der Waals surface area (Å²) >= 11 is 0. The lowest BCUT2D eigenvalue weighted by Crippen LogP contribution is -2.17. The molecular weight excluding hydrogens is 368 g/mol. The van der Waals surface area contributed by atoms with Crippen LogP contribution in [0.4, 0.5) is 16.2 Å². The number of ether oxygens (including phenoxy) is 2. The Balaban J connectivity index is 1.61. The zero-order valence-electron chi connectivity index (χ0n) is 16.1. The van der Waals surface area contributed by atoms with Gasteiger partial charge in [0.2, 0.25) is 0 Å². The van der Waals surface area contributed by atoms with Gasteiger partial charge in [0, 0.05) is 24.0 Å². The molecule has 3 rings (SSSR count). The van der Waals surface area contributed by atoms with Crippen LogP contribution in [0.2, 0.25) is 0 Å². The summed E-state index contributed by atoms with van der Waals surface area (Å²) in [5.41, 5.74) is 3.76. The topological polar surface area (TPSA) is 76.7 Å². The van der Waals surface area contributed by atoms with Crippen molar-refractivity contribution in [2.45, 2.75) is 0 Å². The van der Waals surface area contributed by atoms with Gasteiger partial charge in [-0.15, -0.1) is 0 Å². The molecule has 29 heavy (non-hydrogen) atoms. The van der Waals surface area contributed by atoms with E-state index in [0.717, 1.165) is 11.1 Å². The minimum atomic E-state index is -0.581. The maximum atomic E-state index is 12.5. The number of methoxy groups -OCH3 is 1. The summed E-state index contributed by atoms with van der Waals surface area (Å²) in [6.45, 7) is 0.490. The van der Waals surface area contributed by atoms with E-state index >= 15 is 0 Å². The summed E-state index contributed by atoms with van der Waals surface area (Å²) in [7, 11) is 1.53. The van der Waals surface area contributed by atoms with E-state index in [1.807, 2.05) is 42.5 Å². The molecule has 0 spiro atoms. The molecule has 0 aliphatic carbocycles. The van der Waals surface area contributed by atoms with Gasteiger partial charge in [0.05, 0.1) is 6.61 Å². The molecule has 0 saturated heterocycles. The lowest BCUT2D eigenvalue weighted by Gasteiger charge is -2.10. The van der Waals surface area contributed by atoms with Crippen molar-refractivity contribution in [1.29, 1.82) is 0 Å². The fourth-order valence-electron chi connectivity index (χ4n) is 2.69. The molecule has 3 aromatic rings. The highest BCUT2D eigenvalue weighted by Gasteiger charge is 2.08. The SMILES string of the molecule is COCCOC(=O)Nc1cccc(NC(=O)c2ccc(-c3ccccc3)cc2)c1. The van der Waals surface area contributed by atoms with Crippen molar-refractivity contribution in [2.24, 2.45) is 0 Å². The summed E-state index contributed by atoms with van der Waals surface area (Å²) < 4.78 is 9.79. The number of hydrogen-bond donors (Lipinski definition) is 2. The Bertz CT molecular complexity index is 956. The molecule has 0 aliphatic rings. The van der Waals surface area contributed by atoms with Gasteiger partial charge >= 0.3 is 6.09 Å². The van der Waals surface area contributed by atoms with E-state index in [9.17, 15) is 9.59 Å². The number of rotatable bonds is 7. The summed E-state index contributed by atoms with van der Waals surface area (Å²) in [4.78, 5) is 24.2. The van der Waals surface area contributed by atoms with Crippen molar-refractivity contribution in [3.8, 4) is 11.1 Å². The minimum absolute atomic E-state index is 0.164. The quantitative estimate of drug-likeness (QED) is 0.568. The molecule has 2 N–H and O–H groups in total. The lowest BCUT2D eigenvalue weighted by molar-refractivity contribution is 0.102. The average molecular weight is 390 g/mol. The summed E-state index contributed by atoms with van der Waals surface area (Å²) in [5, 5.41) is 5.44. The van der Waals surface area contributed by atoms with Gasteiger partial charge < -0.3 is 14.8 Å². The standard InChI is InChI=1S/C23H22N2O4/c1-28-14-15-29-23(27)25-21-9-5-8-20(16-21)24-22(26)19-12-10-18(11-13-19)17-6-3-2-4-7-17/h2-13,16H,14-15H2,1H3,(H,24,26)(H,25,27). The number of benzene rings is 3. The Kier molecular flexibility index (Phi) is 6.97. The highest BCUT2D eigenvalue weighted by atomic mass is 16.6. The second-order valence-corrected chi connectivity index (χ2v) is 6.23. The van der Waals surface area contributed by atoms with Crippen LogP contribution >= 0.6 is 0 Å². The maximum absolute atomic E-state index is 12.5. The second-order valence-electron chi connectivity index (χ2n) is 6.23. The molecule has 3 aromatic carbocycles. The van der Waals surface area contributed by atoms with Gasteiger partial charge in [0.15, 0.2) is 0 Å². The Labute approximate surface area is 169 Å². The molecule has 2 amide bonds. The molecule has 0 radical (unpaired) electrons. The Morgan fingerprint density at radius 2 is 1.41 bits per heavy atom. The van der Waals surface area contributed by atoms with Gasteiger partial charge in [0.1, 0.15) is 6.61 Å². The average Bonchev–Trinajstić information content (AvgIpc) is 2.75. The fraction of sp³-hybridized carbons (Fsp3) is 0.130. The van der Waals surface area contributed by atoms with Crippen LogP contribution in [-0.4, -0.2) is 32.3 Å². The first kappa shape index (κ1) is 20.1. The highest BCUT2D eigenvalue weighted by Crippen LogP contribution is 2.20. The van der Waals surface area contributed by atoms with E-state index in [-0.39, 0.29) is 12.5 Å². The molecular formula is C23H22N2O4. The van der Waals surface area contributed by atoms with Crippen LogP contribution in [0.25, 0.3) is 11.1 Å². The predicted octanol–water partition coefficient (Wildman–Crippen LogP) is 4.80. The third-order valence-electron chi connectivity index (χ3n) is 4.14. The summed E-state index contributed by atoms with van der Waals surface area (Å²) in [6, 6.07) is 24.2. The first-order chi connectivity index (χ1) is 14.2. The lowest BCUT2D eigenvalue weighted by atomic mass is 10.0. The Hall–Kier alpha value is -3.64. The van der Waals surface area contributed by atoms with Crippen LogP contribution in [0, 0.1) is 0 Å².